The molecule has 0 radical (unpaired) electrons. The summed E-state index contributed by atoms with van der Waals surface area (Å²) in [6.07, 6.45) is 4.65. The van der Waals surface area contributed by atoms with Crippen molar-refractivity contribution >= 4 is 17.6 Å². The van der Waals surface area contributed by atoms with Gasteiger partial charge in [0.1, 0.15) is 0 Å². The number of hydrogen-bond acceptors (Lipinski definition) is 5. The van der Waals surface area contributed by atoms with E-state index in [1.54, 1.807) is 4.90 Å². The van der Waals surface area contributed by atoms with E-state index in [1.807, 2.05) is 25.2 Å². The lowest BCUT2D eigenvalue weighted by Crippen LogP contribution is -2.46. The van der Waals surface area contributed by atoms with Gasteiger partial charge in [0.15, 0.2) is 0 Å². The molecule has 4 rings (SSSR count). The molecule has 1 saturated heterocycles. The minimum absolute atomic E-state index is 0.00652. The average Bonchev–Trinajstić information content (AvgIpc) is 3.27. The lowest BCUT2D eigenvalue weighted by Gasteiger charge is -2.40. The van der Waals surface area contributed by atoms with Gasteiger partial charge in [0.25, 0.3) is 0 Å². The van der Waals surface area contributed by atoms with E-state index in [-0.39, 0.29) is 30.6 Å². The Kier molecular flexibility index (Phi) is 5.91. The molecule has 8 nitrogen and oxygen atoms in total. The predicted octanol–water partition coefficient (Wildman–Crippen LogP) is 1.50. The third-order valence-corrected chi connectivity index (χ3v) is 6.32. The van der Waals surface area contributed by atoms with Gasteiger partial charge in [-0.05, 0) is 30.5 Å². The molecule has 0 spiro atoms. The number of aliphatic hydroxyl groups excluding tert-OH is 1. The summed E-state index contributed by atoms with van der Waals surface area (Å²) in [5, 5.41) is 18.8. The highest BCUT2D eigenvalue weighted by Gasteiger charge is 2.36. The number of nitrogens with one attached hydrogen (secondary N) is 3. The van der Waals surface area contributed by atoms with E-state index >= 15 is 0 Å². The number of carbonyl (C=O) groups is 2. The van der Waals surface area contributed by atoms with E-state index in [2.05, 4.69) is 16.0 Å². The highest BCUT2D eigenvalue weighted by atomic mass is 16.5. The SMILES string of the molecule is CN(C(=O)CNC(=O)NCc1ccc2c(c1)[C@H]1C[C@@H](N2)[C@H](O)CO1)C1CCCC1. The maximum absolute atomic E-state index is 12.2. The molecule has 1 aromatic rings. The van der Waals surface area contributed by atoms with Crippen LogP contribution in [0.2, 0.25) is 0 Å². The summed E-state index contributed by atoms with van der Waals surface area (Å²) in [6.45, 7) is 0.701. The topological polar surface area (TPSA) is 103 Å². The number of carbonyl (C=O) groups excluding carboxylic acids is 2. The first-order valence-electron chi connectivity index (χ1n) is 10.5. The van der Waals surface area contributed by atoms with E-state index in [9.17, 15) is 14.7 Å². The molecule has 158 valence electrons. The van der Waals surface area contributed by atoms with Crippen LogP contribution in [0.3, 0.4) is 0 Å². The van der Waals surface area contributed by atoms with Gasteiger partial charge in [-0.15, -0.1) is 0 Å². The summed E-state index contributed by atoms with van der Waals surface area (Å²) >= 11 is 0. The van der Waals surface area contributed by atoms with Gasteiger partial charge in [-0.1, -0.05) is 18.9 Å². The molecule has 3 aliphatic rings. The molecule has 29 heavy (non-hydrogen) atoms. The number of nitrogens with zero attached hydrogens (tertiary/aromatic N) is 1. The smallest absolute Gasteiger partial charge is 0.315 e. The fraction of sp³-hybridized carbons (Fsp3) is 0.619. The van der Waals surface area contributed by atoms with Crippen LogP contribution in [0.1, 0.15) is 49.3 Å². The van der Waals surface area contributed by atoms with E-state index in [1.165, 1.54) is 12.8 Å². The third kappa shape index (κ3) is 4.48. The largest absolute Gasteiger partial charge is 0.389 e. The molecule has 1 aliphatic carbocycles. The second-order valence-corrected chi connectivity index (χ2v) is 8.28. The number of benzene rings is 1. The van der Waals surface area contributed by atoms with Crippen molar-refractivity contribution in [3.05, 3.63) is 29.3 Å². The Balaban J connectivity index is 1.26. The summed E-state index contributed by atoms with van der Waals surface area (Å²) in [6, 6.07) is 5.91. The molecular formula is C21H30N4O4. The molecule has 8 heteroatoms. The van der Waals surface area contributed by atoms with Crippen molar-refractivity contribution in [3.8, 4) is 0 Å². The van der Waals surface area contributed by atoms with E-state index < -0.39 is 6.10 Å². The first kappa shape index (κ1) is 20.0. The molecule has 2 bridgehead atoms. The lowest BCUT2D eigenvalue weighted by atomic mass is 9.89. The first-order chi connectivity index (χ1) is 14.0. The Hall–Kier alpha value is -2.32. The molecule has 1 aromatic carbocycles. The van der Waals surface area contributed by atoms with Crippen LogP contribution >= 0.6 is 0 Å². The predicted molar refractivity (Wildman–Crippen MR) is 108 cm³/mol. The molecular weight excluding hydrogens is 372 g/mol. The monoisotopic (exact) mass is 402 g/mol. The molecule has 0 aromatic heterocycles. The molecule has 2 heterocycles. The number of aliphatic hydroxyl groups is 1. The van der Waals surface area contributed by atoms with Crippen LogP contribution in [0.5, 0.6) is 0 Å². The summed E-state index contributed by atoms with van der Waals surface area (Å²) in [5.41, 5.74) is 2.99. The molecule has 2 fully saturated rings. The molecule has 0 unspecified atom stereocenters. The van der Waals surface area contributed by atoms with Gasteiger partial charge >= 0.3 is 6.03 Å². The van der Waals surface area contributed by atoms with Crippen molar-refractivity contribution in [2.45, 2.75) is 62.9 Å². The van der Waals surface area contributed by atoms with Gasteiger partial charge in [0.2, 0.25) is 5.91 Å². The van der Waals surface area contributed by atoms with Crippen LogP contribution in [0.25, 0.3) is 0 Å². The minimum atomic E-state index is -0.486. The van der Waals surface area contributed by atoms with Crippen molar-refractivity contribution in [2.24, 2.45) is 0 Å². The van der Waals surface area contributed by atoms with Gasteiger partial charge in [0.05, 0.1) is 31.4 Å². The second kappa shape index (κ2) is 8.59. The van der Waals surface area contributed by atoms with Crippen molar-refractivity contribution in [1.29, 1.82) is 0 Å². The number of ether oxygens (including phenoxy) is 1. The first-order valence-corrected chi connectivity index (χ1v) is 10.5. The zero-order chi connectivity index (χ0) is 20.4. The molecule has 4 N–H and O–H groups in total. The van der Waals surface area contributed by atoms with Crippen molar-refractivity contribution in [2.75, 3.05) is 25.5 Å². The zero-order valence-electron chi connectivity index (χ0n) is 16.8. The van der Waals surface area contributed by atoms with E-state index in [0.29, 0.717) is 19.2 Å². The van der Waals surface area contributed by atoms with Crippen LogP contribution in [0.4, 0.5) is 10.5 Å². The standard InChI is InChI=1S/C21H30N4O4/c1-25(14-4-2-3-5-14)20(27)11-23-21(28)22-10-13-6-7-16-15(8-13)19-9-17(24-16)18(26)12-29-19/h6-8,14,17-19,24,26H,2-5,9-12H2,1H3,(H2,22,23,28)/t17-,18-,19-/m1/s1. The van der Waals surface area contributed by atoms with Crippen molar-refractivity contribution in [1.82, 2.24) is 15.5 Å². The van der Waals surface area contributed by atoms with Crippen LogP contribution in [-0.2, 0) is 16.1 Å². The lowest BCUT2D eigenvalue weighted by molar-refractivity contribution is -0.130. The average molecular weight is 402 g/mol. The number of fused-ring (bicyclic) bond motifs is 4. The number of hydrogen-bond donors (Lipinski definition) is 4. The Morgan fingerprint density at radius 1 is 1.28 bits per heavy atom. The maximum atomic E-state index is 12.2. The number of amides is 3. The fourth-order valence-corrected chi connectivity index (χ4v) is 4.50. The van der Waals surface area contributed by atoms with E-state index in [0.717, 1.165) is 36.1 Å². The van der Waals surface area contributed by atoms with Crippen molar-refractivity contribution in [3.63, 3.8) is 0 Å². The van der Waals surface area contributed by atoms with Gasteiger partial charge < -0.3 is 30.7 Å². The molecule has 2 aliphatic heterocycles. The highest BCUT2D eigenvalue weighted by Crippen LogP contribution is 2.39. The highest BCUT2D eigenvalue weighted by molar-refractivity contribution is 5.84. The number of anilines is 1. The third-order valence-electron chi connectivity index (χ3n) is 6.32. The summed E-state index contributed by atoms with van der Waals surface area (Å²) < 4.78 is 5.77. The number of urea groups is 1. The summed E-state index contributed by atoms with van der Waals surface area (Å²) in [4.78, 5) is 26.1. The van der Waals surface area contributed by atoms with Gasteiger partial charge in [0, 0.05) is 37.3 Å². The van der Waals surface area contributed by atoms with E-state index in [4.69, 9.17) is 4.74 Å². The molecule has 1 saturated carbocycles. The Labute approximate surface area is 171 Å². The quantitative estimate of drug-likeness (QED) is 0.598. The number of rotatable bonds is 5. The Morgan fingerprint density at radius 2 is 2.07 bits per heavy atom. The summed E-state index contributed by atoms with van der Waals surface area (Å²) in [5.74, 6) is -0.0573. The van der Waals surface area contributed by atoms with Crippen LogP contribution in [0, 0.1) is 0 Å². The zero-order valence-corrected chi connectivity index (χ0v) is 16.8. The number of likely N-dealkylation sites (N-methyl/N-ethyl adjacent to an activating group) is 1. The van der Waals surface area contributed by atoms with Gasteiger partial charge in [-0.25, -0.2) is 4.79 Å². The van der Waals surface area contributed by atoms with Crippen molar-refractivity contribution < 1.29 is 19.4 Å². The Morgan fingerprint density at radius 3 is 2.86 bits per heavy atom. The normalized spacial score (nSPS) is 25.7. The molecule has 3 atom stereocenters. The van der Waals surface area contributed by atoms with Crippen LogP contribution in [-0.4, -0.2) is 60.3 Å². The molecule has 3 amide bonds. The van der Waals surface area contributed by atoms with Crippen LogP contribution < -0.4 is 16.0 Å². The van der Waals surface area contributed by atoms with Gasteiger partial charge in [-0.3, -0.25) is 4.79 Å². The second-order valence-electron chi connectivity index (χ2n) is 8.28. The van der Waals surface area contributed by atoms with Crippen LogP contribution in [0.15, 0.2) is 18.2 Å². The fourth-order valence-electron chi connectivity index (χ4n) is 4.50. The van der Waals surface area contributed by atoms with Gasteiger partial charge in [-0.2, -0.15) is 0 Å². The summed E-state index contributed by atoms with van der Waals surface area (Å²) in [7, 11) is 1.82. The minimum Gasteiger partial charge on any atom is -0.389 e. The Bertz CT molecular complexity index is 765. The maximum Gasteiger partial charge on any atom is 0.315 e.